The van der Waals surface area contributed by atoms with Gasteiger partial charge in [-0.25, -0.2) is 24.6 Å². The van der Waals surface area contributed by atoms with Crippen molar-refractivity contribution < 1.29 is 29.4 Å². The fraction of sp³-hybridized carbons (Fsp3) is 0.0588. The SMILES string of the molecule is O=C(O)c1ccccc1N[N+]1(c2ccccc2C(=O)O)C(=O)CC1=O. The van der Waals surface area contributed by atoms with Crippen molar-refractivity contribution in [3.8, 4) is 0 Å². The minimum atomic E-state index is -1.30. The van der Waals surface area contributed by atoms with Gasteiger partial charge in [-0.1, -0.05) is 28.9 Å². The van der Waals surface area contributed by atoms with E-state index < -0.39 is 28.3 Å². The second kappa shape index (κ2) is 5.84. The minimum Gasteiger partial charge on any atom is -0.478 e. The summed E-state index contributed by atoms with van der Waals surface area (Å²) in [6.45, 7) is 0. The number of aromatic carboxylic acids is 2. The van der Waals surface area contributed by atoms with Crippen molar-refractivity contribution in [2.24, 2.45) is 0 Å². The Labute approximate surface area is 141 Å². The van der Waals surface area contributed by atoms with Crippen LogP contribution in [-0.4, -0.2) is 34.0 Å². The molecule has 0 bridgehead atoms. The Morgan fingerprint density at radius 3 is 1.92 bits per heavy atom. The maximum atomic E-state index is 12.4. The zero-order valence-electron chi connectivity index (χ0n) is 12.8. The van der Waals surface area contributed by atoms with Gasteiger partial charge in [-0.3, -0.25) is 0 Å². The van der Waals surface area contributed by atoms with Gasteiger partial charge in [0, 0.05) is 6.07 Å². The molecule has 0 radical (unpaired) electrons. The molecular formula is C17H13N2O6+. The average molecular weight is 341 g/mol. The number of benzene rings is 2. The van der Waals surface area contributed by atoms with Crippen LogP contribution in [0.15, 0.2) is 48.5 Å². The van der Waals surface area contributed by atoms with Crippen LogP contribution in [0.25, 0.3) is 0 Å². The lowest BCUT2D eigenvalue weighted by molar-refractivity contribution is -0.154. The molecule has 8 heteroatoms. The van der Waals surface area contributed by atoms with E-state index in [4.69, 9.17) is 0 Å². The summed E-state index contributed by atoms with van der Waals surface area (Å²) in [5.74, 6) is -3.68. The summed E-state index contributed by atoms with van der Waals surface area (Å²) >= 11 is 0. The van der Waals surface area contributed by atoms with Gasteiger partial charge < -0.3 is 10.2 Å². The largest absolute Gasteiger partial charge is 0.478 e. The van der Waals surface area contributed by atoms with Crippen LogP contribution in [0.3, 0.4) is 0 Å². The molecule has 2 aromatic rings. The van der Waals surface area contributed by atoms with Crippen LogP contribution in [0.2, 0.25) is 0 Å². The van der Waals surface area contributed by atoms with E-state index in [2.05, 4.69) is 5.43 Å². The number of carbonyl (C=O) groups is 4. The standard InChI is InChI=1S/C17H12N2O6/c20-14-9-15(21)19(14,13-8-4-2-6-11(13)17(24)25)18-12-7-3-1-5-10(12)16(22)23/h1-8,18H,9H2,(H-,22,23,24,25)/p+1. The normalized spacial score (nSPS) is 15.4. The molecule has 0 saturated carbocycles. The Balaban J connectivity index is 2.19. The highest BCUT2D eigenvalue weighted by Gasteiger charge is 2.60. The lowest BCUT2D eigenvalue weighted by Crippen LogP contribution is -2.71. The third-order valence-corrected chi connectivity index (χ3v) is 3.99. The Morgan fingerprint density at radius 2 is 1.36 bits per heavy atom. The van der Waals surface area contributed by atoms with E-state index in [9.17, 15) is 29.4 Å². The quantitative estimate of drug-likeness (QED) is 0.431. The molecule has 3 N–H and O–H groups in total. The molecule has 1 aliphatic rings. The van der Waals surface area contributed by atoms with Crippen LogP contribution in [0.1, 0.15) is 27.1 Å². The number of imide groups is 1. The first-order valence-electron chi connectivity index (χ1n) is 7.27. The summed E-state index contributed by atoms with van der Waals surface area (Å²) in [6, 6.07) is 11.4. The first kappa shape index (κ1) is 16.3. The zero-order chi connectivity index (χ0) is 18.2. The summed E-state index contributed by atoms with van der Waals surface area (Å²) in [5.41, 5.74) is 2.27. The van der Waals surface area contributed by atoms with Crippen LogP contribution in [-0.2, 0) is 9.59 Å². The highest BCUT2D eigenvalue weighted by molar-refractivity contribution is 6.27. The minimum absolute atomic E-state index is 0.0385. The van der Waals surface area contributed by atoms with Crippen LogP contribution >= 0.6 is 0 Å². The van der Waals surface area contributed by atoms with Gasteiger partial charge in [0.25, 0.3) is 0 Å². The van der Waals surface area contributed by atoms with Crippen LogP contribution in [0, 0.1) is 0 Å². The van der Waals surface area contributed by atoms with Gasteiger partial charge >= 0.3 is 23.8 Å². The predicted octanol–water partition coefficient (Wildman–Crippen LogP) is 1.87. The summed E-state index contributed by atoms with van der Waals surface area (Å²) in [6.07, 6.45) is -0.365. The van der Waals surface area contributed by atoms with E-state index in [1.165, 1.54) is 42.5 Å². The average Bonchev–Trinajstić information content (AvgIpc) is 2.59. The molecule has 0 aromatic heterocycles. The molecule has 2 amide bonds. The van der Waals surface area contributed by atoms with Crippen molar-refractivity contribution in [1.82, 2.24) is 4.59 Å². The number of β-lactam (4-membered cyclic amide) rings is 2. The molecule has 126 valence electrons. The predicted molar refractivity (Wildman–Crippen MR) is 86.9 cm³/mol. The highest BCUT2D eigenvalue weighted by atomic mass is 16.4. The maximum absolute atomic E-state index is 12.4. The number of anilines is 1. The van der Waals surface area contributed by atoms with E-state index in [-0.39, 0.29) is 28.9 Å². The molecule has 3 rings (SSSR count). The zero-order valence-corrected chi connectivity index (χ0v) is 12.8. The Hall–Kier alpha value is -3.52. The van der Waals surface area contributed by atoms with Crippen LogP contribution in [0.4, 0.5) is 11.4 Å². The Morgan fingerprint density at radius 1 is 0.840 bits per heavy atom. The molecule has 8 nitrogen and oxygen atoms in total. The number of carboxylic acids is 2. The second-order valence-electron chi connectivity index (χ2n) is 5.42. The van der Waals surface area contributed by atoms with Crippen molar-refractivity contribution in [2.75, 3.05) is 5.43 Å². The van der Waals surface area contributed by atoms with E-state index in [0.717, 1.165) is 0 Å². The lowest BCUT2D eigenvalue weighted by atomic mass is 10.0. The Bertz CT molecular complexity index is 907. The monoisotopic (exact) mass is 341 g/mol. The third kappa shape index (κ3) is 2.45. The van der Waals surface area contributed by atoms with Gasteiger partial charge in [0.1, 0.15) is 11.3 Å². The van der Waals surface area contributed by atoms with Crippen LogP contribution in [0.5, 0.6) is 0 Å². The molecule has 0 spiro atoms. The number of para-hydroxylation sites is 2. The summed E-state index contributed by atoms with van der Waals surface area (Å²) < 4.78 is -1.06. The molecule has 1 saturated heterocycles. The van der Waals surface area contributed by atoms with Crippen molar-refractivity contribution in [1.29, 1.82) is 0 Å². The molecule has 1 heterocycles. The first-order valence-corrected chi connectivity index (χ1v) is 7.27. The lowest BCUT2D eigenvalue weighted by Gasteiger charge is -2.38. The third-order valence-electron chi connectivity index (χ3n) is 3.99. The smallest absolute Gasteiger partial charge is 0.364 e. The Kier molecular flexibility index (Phi) is 3.82. The topological polar surface area (TPSA) is 121 Å². The number of amides is 2. The number of rotatable bonds is 5. The molecular weight excluding hydrogens is 328 g/mol. The number of carboxylic acid groups (broad SMARTS) is 2. The molecule has 1 fully saturated rings. The van der Waals surface area contributed by atoms with Gasteiger partial charge in [-0.05, 0) is 18.2 Å². The summed E-state index contributed by atoms with van der Waals surface area (Å²) in [5, 5.41) is 18.7. The van der Waals surface area contributed by atoms with Gasteiger partial charge in [0.05, 0.1) is 5.56 Å². The molecule has 0 atom stereocenters. The molecule has 2 aromatic carbocycles. The first-order chi connectivity index (χ1) is 11.9. The number of carbonyl (C=O) groups excluding carboxylic acids is 2. The van der Waals surface area contributed by atoms with E-state index in [1.807, 2.05) is 0 Å². The fourth-order valence-corrected chi connectivity index (χ4v) is 2.76. The number of quaternary nitrogens is 1. The van der Waals surface area contributed by atoms with E-state index in [0.29, 0.717) is 0 Å². The van der Waals surface area contributed by atoms with Crippen molar-refractivity contribution in [3.63, 3.8) is 0 Å². The van der Waals surface area contributed by atoms with Gasteiger partial charge in [-0.2, -0.15) is 0 Å². The number of nitrogens with one attached hydrogen (secondary N) is 1. The highest BCUT2D eigenvalue weighted by Crippen LogP contribution is 2.37. The summed E-state index contributed by atoms with van der Waals surface area (Å²) in [7, 11) is 0. The van der Waals surface area contributed by atoms with Crippen LogP contribution < -0.4 is 10.0 Å². The molecule has 25 heavy (non-hydrogen) atoms. The van der Waals surface area contributed by atoms with E-state index >= 15 is 0 Å². The molecule has 0 unspecified atom stereocenters. The molecule has 0 aliphatic carbocycles. The summed E-state index contributed by atoms with van der Waals surface area (Å²) in [4.78, 5) is 47.6. The molecule has 1 aliphatic heterocycles. The number of nitrogens with zero attached hydrogens (tertiary/aromatic N) is 1. The van der Waals surface area contributed by atoms with E-state index in [1.54, 1.807) is 6.07 Å². The number of hydrogen-bond donors (Lipinski definition) is 3. The van der Waals surface area contributed by atoms with Gasteiger partial charge in [0.15, 0.2) is 12.1 Å². The van der Waals surface area contributed by atoms with Crippen molar-refractivity contribution in [3.05, 3.63) is 59.7 Å². The van der Waals surface area contributed by atoms with Gasteiger partial charge in [0.2, 0.25) is 0 Å². The number of hydrogen-bond acceptors (Lipinski definition) is 5. The van der Waals surface area contributed by atoms with Crippen molar-refractivity contribution in [2.45, 2.75) is 6.42 Å². The van der Waals surface area contributed by atoms with Gasteiger partial charge in [-0.15, -0.1) is 0 Å². The van der Waals surface area contributed by atoms with Crippen molar-refractivity contribution >= 4 is 35.1 Å². The second-order valence-corrected chi connectivity index (χ2v) is 5.42. The fourth-order valence-electron chi connectivity index (χ4n) is 2.76. The maximum Gasteiger partial charge on any atom is 0.364 e.